The number of sulfonamides is 1. The average molecular weight is 542 g/mol. The minimum absolute atomic E-state index is 0.0232. The Kier molecular flexibility index (Phi) is 9.46. The number of hydrogen-bond donors (Lipinski definition) is 1. The molecule has 0 unspecified atom stereocenters. The number of amides is 2. The van der Waals surface area contributed by atoms with Gasteiger partial charge >= 0.3 is 0 Å². The summed E-state index contributed by atoms with van der Waals surface area (Å²) >= 11 is 0. The minimum atomic E-state index is -4.23. The molecule has 3 aromatic rings. The third-order valence-electron chi connectivity index (χ3n) is 5.86. The molecule has 0 saturated heterocycles. The van der Waals surface area contributed by atoms with Gasteiger partial charge < -0.3 is 15.0 Å². The first-order chi connectivity index (χ1) is 18.1. The molecule has 3 rings (SSSR count). The van der Waals surface area contributed by atoms with Crippen LogP contribution in [0.3, 0.4) is 0 Å². The molecule has 1 atom stereocenters. The fraction of sp³-hybridized carbons (Fsp3) is 0.286. The van der Waals surface area contributed by atoms with Gasteiger partial charge in [-0.3, -0.25) is 13.9 Å². The number of nitrogens with one attached hydrogen (secondary N) is 1. The van der Waals surface area contributed by atoms with E-state index in [0.717, 1.165) is 4.31 Å². The Balaban J connectivity index is 2.07. The number of nitrogens with zero attached hydrogens (tertiary/aromatic N) is 2. The van der Waals surface area contributed by atoms with Gasteiger partial charge in [0.2, 0.25) is 11.8 Å². The van der Waals surface area contributed by atoms with Gasteiger partial charge in [-0.25, -0.2) is 12.8 Å². The first kappa shape index (κ1) is 28.6. The van der Waals surface area contributed by atoms with Gasteiger partial charge in [0.15, 0.2) is 0 Å². The minimum Gasteiger partial charge on any atom is -0.495 e. The highest BCUT2D eigenvalue weighted by Crippen LogP contribution is 2.32. The van der Waals surface area contributed by atoms with E-state index >= 15 is 0 Å². The number of anilines is 1. The normalized spacial score (nSPS) is 12.1. The number of para-hydroxylation sites is 2. The summed E-state index contributed by atoms with van der Waals surface area (Å²) in [6, 6.07) is 18.9. The molecule has 38 heavy (non-hydrogen) atoms. The van der Waals surface area contributed by atoms with Crippen molar-refractivity contribution < 1.29 is 27.1 Å². The van der Waals surface area contributed by atoms with E-state index < -0.39 is 40.2 Å². The van der Waals surface area contributed by atoms with Crippen molar-refractivity contribution in [3.05, 3.63) is 90.2 Å². The molecule has 202 valence electrons. The number of carbonyl (C=O) groups excluding carboxylic acids is 2. The van der Waals surface area contributed by atoms with E-state index in [2.05, 4.69) is 5.32 Å². The maximum absolute atomic E-state index is 14.6. The van der Waals surface area contributed by atoms with Crippen LogP contribution in [0.4, 0.5) is 10.1 Å². The summed E-state index contributed by atoms with van der Waals surface area (Å²) in [5.74, 6) is -1.43. The molecular formula is C28H32FN3O5S. The molecule has 3 aromatic carbocycles. The van der Waals surface area contributed by atoms with E-state index in [1.165, 1.54) is 55.3 Å². The van der Waals surface area contributed by atoms with Crippen LogP contribution in [0.1, 0.15) is 26.3 Å². The summed E-state index contributed by atoms with van der Waals surface area (Å²) in [5, 5.41) is 2.76. The predicted molar refractivity (Wildman–Crippen MR) is 144 cm³/mol. The van der Waals surface area contributed by atoms with Gasteiger partial charge in [-0.05, 0) is 51.1 Å². The first-order valence-corrected chi connectivity index (χ1v) is 13.5. The maximum Gasteiger partial charge on any atom is 0.264 e. The highest BCUT2D eigenvalue weighted by Gasteiger charge is 2.34. The largest absolute Gasteiger partial charge is 0.495 e. The second kappa shape index (κ2) is 12.6. The summed E-state index contributed by atoms with van der Waals surface area (Å²) < 4.78 is 48.5. The molecule has 0 saturated carbocycles. The van der Waals surface area contributed by atoms with Gasteiger partial charge in [0.25, 0.3) is 10.0 Å². The Bertz CT molecular complexity index is 1370. The second-order valence-electron chi connectivity index (χ2n) is 8.95. The van der Waals surface area contributed by atoms with E-state index in [1.54, 1.807) is 56.3 Å². The molecule has 0 aliphatic rings. The van der Waals surface area contributed by atoms with Crippen LogP contribution in [0.25, 0.3) is 0 Å². The second-order valence-corrected chi connectivity index (χ2v) is 10.8. The Morgan fingerprint density at radius 1 is 0.921 bits per heavy atom. The van der Waals surface area contributed by atoms with Gasteiger partial charge in [0.05, 0.1) is 17.7 Å². The van der Waals surface area contributed by atoms with Crippen molar-refractivity contribution in [1.29, 1.82) is 0 Å². The van der Waals surface area contributed by atoms with Gasteiger partial charge in [-0.2, -0.15) is 0 Å². The molecule has 0 aliphatic carbocycles. The fourth-order valence-electron chi connectivity index (χ4n) is 3.87. The van der Waals surface area contributed by atoms with E-state index in [0.29, 0.717) is 0 Å². The van der Waals surface area contributed by atoms with E-state index in [-0.39, 0.29) is 34.5 Å². The van der Waals surface area contributed by atoms with Crippen LogP contribution in [-0.4, -0.2) is 50.9 Å². The van der Waals surface area contributed by atoms with Gasteiger partial charge in [0, 0.05) is 18.2 Å². The van der Waals surface area contributed by atoms with Crippen LogP contribution in [0.15, 0.2) is 83.8 Å². The number of ether oxygens (including phenoxy) is 1. The predicted octanol–water partition coefficient (Wildman–Crippen LogP) is 3.97. The molecule has 2 amide bonds. The molecule has 8 nitrogen and oxygen atoms in total. The maximum atomic E-state index is 14.6. The lowest BCUT2D eigenvalue weighted by Crippen LogP contribution is -2.52. The van der Waals surface area contributed by atoms with Crippen molar-refractivity contribution in [2.45, 2.75) is 44.3 Å². The summed E-state index contributed by atoms with van der Waals surface area (Å²) in [7, 11) is -2.83. The summed E-state index contributed by atoms with van der Waals surface area (Å²) in [6.07, 6.45) is 0. The van der Waals surface area contributed by atoms with Crippen LogP contribution in [-0.2, 0) is 26.2 Å². The number of carbonyl (C=O) groups is 2. The van der Waals surface area contributed by atoms with Gasteiger partial charge in [0.1, 0.15) is 24.2 Å². The summed E-state index contributed by atoms with van der Waals surface area (Å²) in [5.41, 5.74) is 0.345. The van der Waals surface area contributed by atoms with Crippen molar-refractivity contribution in [3.8, 4) is 5.75 Å². The molecule has 10 heteroatoms. The quantitative estimate of drug-likeness (QED) is 0.396. The van der Waals surface area contributed by atoms with Crippen molar-refractivity contribution in [1.82, 2.24) is 10.2 Å². The van der Waals surface area contributed by atoms with Gasteiger partial charge in [-0.15, -0.1) is 0 Å². The SMILES string of the molecule is COc1ccccc1N(CC(=O)N(Cc1ccccc1F)[C@@H](C)C(=O)NC(C)C)S(=O)(=O)c1ccccc1. The topological polar surface area (TPSA) is 96.0 Å². The molecule has 1 N–H and O–H groups in total. The van der Waals surface area contributed by atoms with E-state index in [4.69, 9.17) is 4.74 Å². The number of hydrogen-bond acceptors (Lipinski definition) is 5. The summed E-state index contributed by atoms with van der Waals surface area (Å²) in [4.78, 5) is 27.9. The lowest BCUT2D eigenvalue weighted by atomic mass is 10.1. The molecule has 0 fully saturated rings. The van der Waals surface area contributed by atoms with Crippen LogP contribution in [0.5, 0.6) is 5.75 Å². The molecule has 0 spiro atoms. The Morgan fingerprint density at radius 3 is 2.16 bits per heavy atom. The highest BCUT2D eigenvalue weighted by atomic mass is 32.2. The summed E-state index contributed by atoms with van der Waals surface area (Å²) in [6.45, 7) is 4.21. The number of methoxy groups -OCH3 is 1. The lowest BCUT2D eigenvalue weighted by Gasteiger charge is -2.32. The number of benzene rings is 3. The Labute approximate surface area is 223 Å². The zero-order chi connectivity index (χ0) is 27.9. The molecule has 0 aliphatic heterocycles. The van der Waals surface area contributed by atoms with E-state index in [1.807, 2.05) is 0 Å². The third kappa shape index (κ3) is 6.69. The van der Waals surface area contributed by atoms with Crippen LogP contribution in [0, 0.1) is 5.82 Å². The van der Waals surface area contributed by atoms with Crippen molar-refractivity contribution in [2.75, 3.05) is 18.0 Å². The fourth-order valence-corrected chi connectivity index (χ4v) is 5.31. The molecule has 0 aromatic heterocycles. The monoisotopic (exact) mass is 541 g/mol. The average Bonchev–Trinajstić information content (AvgIpc) is 2.90. The Morgan fingerprint density at radius 2 is 1.53 bits per heavy atom. The highest BCUT2D eigenvalue weighted by molar-refractivity contribution is 7.92. The van der Waals surface area contributed by atoms with Crippen LogP contribution in [0.2, 0.25) is 0 Å². The number of rotatable bonds is 11. The van der Waals surface area contributed by atoms with Crippen LogP contribution < -0.4 is 14.4 Å². The molecular weight excluding hydrogens is 509 g/mol. The zero-order valence-electron chi connectivity index (χ0n) is 21.8. The third-order valence-corrected chi connectivity index (χ3v) is 7.63. The molecule has 0 bridgehead atoms. The lowest BCUT2D eigenvalue weighted by molar-refractivity contribution is -0.139. The van der Waals surface area contributed by atoms with Crippen molar-refractivity contribution in [2.24, 2.45) is 0 Å². The smallest absolute Gasteiger partial charge is 0.264 e. The Hall–Kier alpha value is -3.92. The number of halogens is 1. The van der Waals surface area contributed by atoms with E-state index in [9.17, 15) is 22.4 Å². The van der Waals surface area contributed by atoms with Gasteiger partial charge in [-0.1, -0.05) is 48.5 Å². The van der Waals surface area contributed by atoms with Crippen molar-refractivity contribution in [3.63, 3.8) is 0 Å². The standard InChI is InChI=1S/C28H32FN3O5S/c1-20(2)30-28(34)21(3)31(18-22-12-8-9-15-24(22)29)27(33)19-32(25-16-10-11-17-26(25)37-4)38(35,36)23-13-6-5-7-14-23/h5-17,20-21H,18-19H2,1-4H3,(H,30,34)/t21-/m0/s1. The van der Waals surface area contributed by atoms with Crippen molar-refractivity contribution >= 4 is 27.5 Å². The molecule has 0 radical (unpaired) electrons. The first-order valence-electron chi connectivity index (χ1n) is 12.1. The molecule has 0 heterocycles. The van der Waals surface area contributed by atoms with Crippen LogP contribution >= 0.6 is 0 Å². The zero-order valence-corrected chi connectivity index (χ0v) is 22.6.